The average molecular weight is 301 g/mol. The number of hydrogen-bond acceptors (Lipinski definition) is 4. The van der Waals surface area contributed by atoms with Gasteiger partial charge in [-0.15, -0.1) is 12.4 Å². The number of anilines is 1. The Kier molecular flexibility index (Phi) is 6.45. The maximum atomic E-state index is 11.8. The van der Waals surface area contributed by atoms with Crippen molar-refractivity contribution in [3.8, 4) is 0 Å². The molecule has 0 aliphatic carbocycles. The van der Waals surface area contributed by atoms with Crippen molar-refractivity contribution >= 4 is 29.9 Å². The van der Waals surface area contributed by atoms with E-state index in [-0.39, 0.29) is 29.5 Å². The Morgan fingerprint density at radius 3 is 2.35 bits per heavy atom. The molecule has 6 nitrogen and oxygen atoms in total. The molecule has 1 rings (SSSR count). The molecular formula is C13H21ClN4O2. The van der Waals surface area contributed by atoms with Crippen molar-refractivity contribution < 1.29 is 9.59 Å². The molecule has 1 heterocycles. The fourth-order valence-electron chi connectivity index (χ4n) is 1.35. The number of pyridine rings is 1. The van der Waals surface area contributed by atoms with Gasteiger partial charge < -0.3 is 16.4 Å². The van der Waals surface area contributed by atoms with Gasteiger partial charge in [0.25, 0.3) is 5.91 Å². The predicted molar refractivity (Wildman–Crippen MR) is 80.7 cm³/mol. The molecule has 4 N–H and O–H groups in total. The van der Waals surface area contributed by atoms with Crippen molar-refractivity contribution in [1.29, 1.82) is 0 Å². The maximum absolute atomic E-state index is 11.8. The first-order chi connectivity index (χ1) is 8.69. The van der Waals surface area contributed by atoms with Gasteiger partial charge in [-0.3, -0.25) is 9.59 Å². The van der Waals surface area contributed by atoms with Gasteiger partial charge in [0.15, 0.2) is 0 Å². The van der Waals surface area contributed by atoms with E-state index >= 15 is 0 Å². The van der Waals surface area contributed by atoms with Crippen molar-refractivity contribution in [1.82, 2.24) is 15.6 Å². The van der Waals surface area contributed by atoms with Gasteiger partial charge in [0.2, 0.25) is 5.91 Å². The van der Waals surface area contributed by atoms with Crippen LogP contribution in [0.25, 0.3) is 0 Å². The van der Waals surface area contributed by atoms with E-state index in [9.17, 15) is 9.59 Å². The summed E-state index contributed by atoms with van der Waals surface area (Å²) in [4.78, 5) is 27.6. The Bertz CT molecular complexity index is 468. The fraction of sp³-hybridized carbons (Fsp3) is 0.462. The third-order valence-corrected chi connectivity index (χ3v) is 2.26. The normalized spacial score (nSPS) is 12.0. The first-order valence-electron chi connectivity index (χ1n) is 6.03. The number of nitrogen functional groups attached to an aromatic ring is 1. The highest BCUT2D eigenvalue weighted by atomic mass is 35.5. The van der Waals surface area contributed by atoms with E-state index < -0.39 is 11.9 Å². The van der Waals surface area contributed by atoms with Crippen LogP contribution < -0.4 is 16.4 Å². The van der Waals surface area contributed by atoms with Crippen LogP contribution in [0.4, 0.5) is 5.69 Å². The van der Waals surface area contributed by atoms with Crippen LogP contribution in [0.15, 0.2) is 18.3 Å². The van der Waals surface area contributed by atoms with E-state index in [1.165, 1.54) is 12.3 Å². The molecule has 0 fully saturated rings. The van der Waals surface area contributed by atoms with Crippen LogP contribution in [-0.4, -0.2) is 28.4 Å². The van der Waals surface area contributed by atoms with Crippen molar-refractivity contribution in [2.45, 2.75) is 39.3 Å². The van der Waals surface area contributed by atoms with Crippen LogP contribution in [0.5, 0.6) is 0 Å². The molecule has 1 aromatic heterocycles. The van der Waals surface area contributed by atoms with Gasteiger partial charge in [0.1, 0.15) is 11.7 Å². The summed E-state index contributed by atoms with van der Waals surface area (Å²) in [5.41, 5.74) is 5.86. The number of amides is 2. The summed E-state index contributed by atoms with van der Waals surface area (Å²) < 4.78 is 0. The Morgan fingerprint density at radius 2 is 1.90 bits per heavy atom. The molecule has 112 valence electrons. The number of nitrogens with zero attached hydrogens (tertiary/aromatic N) is 1. The monoisotopic (exact) mass is 300 g/mol. The van der Waals surface area contributed by atoms with Crippen LogP contribution in [0, 0.1) is 0 Å². The summed E-state index contributed by atoms with van der Waals surface area (Å²) in [7, 11) is 0. The summed E-state index contributed by atoms with van der Waals surface area (Å²) in [6, 6.07) is 2.46. The number of nitrogens with one attached hydrogen (secondary N) is 2. The Labute approximate surface area is 124 Å². The molecule has 7 heteroatoms. The van der Waals surface area contributed by atoms with Crippen molar-refractivity contribution in [2.75, 3.05) is 5.73 Å². The Morgan fingerprint density at radius 1 is 1.30 bits per heavy atom. The standard InChI is InChI=1S/C13H20N4O2.ClH/c1-8(11(18)17-13(2,3)4)16-12(19)10-6-5-9(14)7-15-10;/h5-8H,14H2,1-4H3,(H,16,19)(H,17,18);1H. The van der Waals surface area contributed by atoms with E-state index in [1.54, 1.807) is 13.0 Å². The van der Waals surface area contributed by atoms with E-state index in [0.717, 1.165) is 0 Å². The van der Waals surface area contributed by atoms with E-state index in [2.05, 4.69) is 15.6 Å². The molecule has 0 bridgehead atoms. The van der Waals surface area contributed by atoms with E-state index in [4.69, 9.17) is 5.73 Å². The first-order valence-corrected chi connectivity index (χ1v) is 6.03. The van der Waals surface area contributed by atoms with Gasteiger partial charge >= 0.3 is 0 Å². The third-order valence-electron chi connectivity index (χ3n) is 2.26. The summed E-state index contributed by atoms with van der Waals surface area (Å²) in [5.74, 6) is -0.646. The minimum Gasteiger partial charge on any atom is -0.397 e. The molecule has 20 heavy (non-hydrogen) atoms. The Hall–Kier alpha value is -1.82. The smallest absolute Gasteiger partial charge is 0.270 e. The maximum Gasteiger partial charge on any atom is 0.270 e. The average Bonchev–Trinajstić information content (AvgIpc) is 2.27. The lowest BCUT2D eigenvalue weighted by atomic mass is 10.1. The lowest BCUT2D eigenvalue weighted by Gasteiger charge is -2.23. The second kappa shape index (κ2) is 7.09. The molecule has 0 saturated heterocycles. The van der Waals surface area contributed by atoms with Gasteiger partial charge in [-0.2, -0.15) is 0 Å². The largest absolute Gasteiger partial charge is 0.397 e. The Balaban J connectivity index is 0.00000361. The number of carbonyl (C=O) groups is 2. The lowest BCUT2D eigenvalue weighted by molar-refractivity contribution is -0.124. The third kappa shape index (κ3) is 5.88. The molecule has 2 amide bonds. The number of hydrogen-bond donors (Lipinski definition) is 3. The molecule has 0 aliphatic rings. The van der Waals surface area contributed by atoms with Crippen LogP contribution in [-0.2, 0) is 4.79 Å². The molecular weight excluding hydrogens is 280 g/mol. The minimum absolute atomic E-state index is 0. The number of halogens is 1. The summed E-state index contributed by atoms with van der Waals surface area (Å²) in [6.45, 7) is 7.25. The zero-order chi connectivity index (χ0) is 14.6. The second-order valence-corrected chi connectivity index (χ2v) is 5.41. The van der Waals surface area contributed by atoms with Crippen molar-refractivity contribution in [3.63, 3.8) is 0 Å². The SMILES string of the molecule is CC(NC(=O)c1ccc(N)cn1)C(=O)NC(C)(C)C.Cl. The molecule has 0 spiro atoms. The molecule has 0 saturated carbocycles. The molecule has 0 radical (unpaired) electrons. The predicted octanol–water partition coefficient (Wildman–Crippen LogP) is 1.12. The molecule has 1 unspecified atom stereocenters. The number of carbonyl (C=O) groups excluding carboxylic acids is 2. The van der Waals surface area contributed by atoms with Crippen LogP contribution in [0.2, 0.25) is 0 Å². The van der Waals surface area contributed by atoms with Gasteiger partial charge in [-0.05, 0) is 39.8 Å². The molecule has 1 atom stereocenters. The van der Waals surface area contributed by atoms with Crippen molar-refractivity contribution in [2.24, 2.45) is 0 Å². The first kappa shape index (κ1) is 18.2. The quantitative estimate of drug-likeness (QED) is 0.779. The molecule has 0 aromatic carbocycles. The fourth-order valence-corrected chi connectivity index (χ4v) is 1.35. The number of aromatic nitrogens is 1. The van der Waals surface area contributed by atoms with Gasteiger partial charge in [-0.1, -0.05) is 0 Å². The highest BCUT2D eigenvalue weighted by molar-refractivity contribution is 5.96. The summed E-state index contributed by atoms with van der Waals surface area (Å²) >= 11 is 0. The number of nitrogens with two attached hydrogens (primary N) is 1. The van der Waals surface area contributed by atoms with Crippen molar-refractivity contribution in [3.05, 3.63) is 24.0 Å². The van der Waals surface area contributed by atoms with E-state index in [0.29, 0.717) is 5.69 Å². The molecule has 0 aliphatic heterocycles. The zero-order valence-electron chi connectivity index (χ0n) is 12.1. The van der Waals surface area contributed by atoms with Crippen LogP contribution >= 0.6 is 12.4 Å². The highest BCUT2D eigenvalue weighted by Crippen LogP contribution is 2.02. The minimum atomic E-state index is -0.633. The zero-order valence-corrected chi connectivity index (χ0v) is 12.9. The molecule has 1 aromatic rings. The highest BCUT2D eigenvalue weighted by Gasteiger charge is 2.21. The summed E-state index contributed by atoms with van der Waals surface area (Å²) in [6.07, 6.45) is 1.40. The van der Waals surface area contributed by atoms with Crippen LogP contribution in [0.1, 0.15) is 38.2 Å². The lowest BCUT2D eigenvalue weighted by Crippen LogP contribution is -2.50. The van der Waals surface area contributed by atoms with E-state index in [1.807, 2.05) is 20.8 Å². The topological polar surface area (TPSA) is 97.1 Å². The van der Waals surface area contributed by atoms with Gasteiger partial charge in [0, 0.05) is 5.54 Å². The number of rotatable bonds is 3. The van der Waals surface area contributed by atoms with Crippen LogP contribution in [0.3, 0.4) is 0 Å². The van der Waals surface area contributed by atoms with Gasteiger partial charge in [-0.25, -0.2) is 4.98 Å². The second-order valence-electron chi connectivity index (χ2n) is 5.41. The summed E-state index contributed by atoms with van der Waals surface area (Å²) in [5, 5.41) is 5.37. The van der Waals surface area contributed by atoms with Gasteiger partial charge in [0.05, 0.1) is 11.9 Å².